The van der Waals surface area contributed by atoms with Gasteiger partial charge in [-0.25, -0.2) is 0 Å². The van der Waals surface area contributed by atoms with E-state index in [-0.39, 0.29) is 10.6 Å². The van der Waals surface area contributed by atoms with Crippen molar-refractivity contribution in [2.45, 2.75) is 19.4 Å². The molecular formula is C15H19N5O3. The van der Waals surface area contributed by atoms with Crippen LogP contribution in [-0.4, -0.2) is 44.7 Å². The van der Waals surface area contributed by atoms with Crippen LogP contribution in [0.3, 0.4) is 0 Å². The molecule has 0 spiro atoms. The summed E-state index contributed by atoms with van der Waals surface area (Å²) in [5, 5.41) is 18.3. The molecule has 2 heterocycles. The van der Waals surface area contributed by atoms with E-state index in [1.807, 2.05) is 6.07 Å². The highest BCUT2D eigenvalue weighted by atomic mass is 16.7. The molecule has 8 heteroatoms. The molecule has 1 aromatic heterocycles. The summed E-state index contributed by atoms with van der Waals surface area (Å²) in [6.45, 7) is 3.31. The minimum absolute atomic E-state index is 0.151. The number of nitrogens with zero attached hydrogens (tertiary/aromatic N) is 5. The molecule has 1 aliphatic heterocycles. The Bertz CT molecular complexity index is 638. The standard InChI is InChI=1S/C15H19N5O3/c21-20(22)15-3-1-2-14(10-15)11-18-7-4-13(5-8-18)12-23-19-9-6-16-17-19/h1-3,6,9-10,13H,4-5,7-8,11-12H2. The lowest BCUT2D eigenvalue weighted by atomic mass is 9.97. The maximum atomic E-state index is 10.8. The van der Waals surface area contributed by atoms with Gasteiger partial charge >= 0.3 is 0 Å². The van der Waals surface area contributed by atoms with Crippen molar-refractivity contribution in [1.82, 2.24) is 20.1 Å². The summed E-state index contributed by atoms with van der Waals surface area (Å²) in [5.41, 5.74) is 1.13. The maximum Gasteiger partial charge on any atom is 0.269 e. The van der Waals surface area contributed by atoms with Crippen LogP contribution in [0.15, 0.2) is 36.7 Å². The first-order valence-corrected chi connectivity index (χ1v) is 7.66. The second-order valence-electron chi connectivity index (χ2n) is 5.75. The fourth-order valence-corrected chi connectivity index (χ4v) is 2.79. The number of hydrogen-bond acceptors (Lipinski definition) is 6. The number of benzene rings is 1. The molecule has 0 N–H and O–H groups in total. The Morgan fingerprint density at radius 1 is 1.35 bits per heavy atom. The lowest BCUT2D eigenvalue weighted by Crippen LogP contribution is -2.36. The summed E-state index contributed by atoms with van der Waals surface area (Å²) in [6, 6.07) is 6.86. The number of non-ortho nitro benzene ring substituents is 1. The third-order valence-corrected chi connectivity index (χ3v) is 4.08. The zero-order chi connectivity index (χ0) is 16.1. The first-order chi connectivity index (χ1) is 11.2. The van der Waals surface area contributed by atoms with Gasteiger partial charge in [0.15, 0.2) is 0 Å². The molecule has 0 bridgehead atoms. The number of aromatic nitrogens is 3. The van der Waals surface area contributed by atoms with Crippen LogP contribution in [0.5, 0.6) is 0 Å². The second-order valence-corrected chi connectivity index (χ2v) is 5.75. The fourth-order valence-electron chi connectivity index (χ4n) is 2.79. The van der Waals surface area contributed by atoms with E-state index in [1.165, 1.54) is 10.9 Å². The van der Waals surface area contributed by atoms with Gasteiger partial charge in [-0.1, -0.05) is 17.0 Å². The molecule has 122 valence electrons. The number of piperidine rings is 1. The quantitative estimate of drug-likeness (QED) is 0.593. The summed E-state index contributed by atoms with van der Waals surface area (Å²) in [7, 11) is 0. The Labute approximate surface area is 133 Å². The molecule has 8 nitrogen and oxygen atoms in total. The van der Waals surface area contributed by atoms with Crippen LogP contribution in [0.4, 0.5) is 5.69 Å². The van der Waals surface area contributed by atoms with Crippen LogP contribution in [-0.2, 0) is 6.54 Å². The maximum absolute atomic E-state index is 10.8. The Kier molecular flexibility index (Phi) is 4.82. The summed E-state index contributed by atoms with van der Waals surface area (Å²) < 4.78 is 0. The van der Waals surface area contributed by atoms with Gasteiger partial charge in [-0.3, -0.25) is 15.0 Å². The fraction of sp³-hybridized carbons (Fsp3) is 0.467. The van der Waals surface area contributed by atoms with Crippen LogP contribution < -0.4 is 4.84 Å². The molecule has 0 saturated carbocycles. The van der Waals surface area contributed by atoms with Crippen LogP contribution in [0, 0.1) is 16.0 Å². The van der Waals surface area contributed by atoms with Crippen LogP contribution in [0.2, 0.25) is 0 Å². The lowest BCUT2D eigenvalue weighted by molar-refractivity contribution is -0.384. The number of nitro groups is 1. The van der Waals surface area contributed by atoms with Gasteiger partial charge in [0.2, 0.25) is 0 Å². The third kappa shape index (κ3) is 4.26. The predicted octanol–water partition coefficient (Wildman–Crippen LogP) is 1.53. The van der Waals surface area contributed by atoms with E-state index in [0.717, 1.165) is 38.0 Å². The minimum atomic E-state index is -0.350. The summed E-state index contributed by atoms with van der Waals surface area (Å²) >= 11 is 0. The molecule has 0 unspecified atom stereocenters. The van der Waals surface area contributed by atoms with Crippen molar-refractivity contribution >= 4 is 5.69 Å². The largest absolute Gasteiger partial charge is 0.395 e. The van der Waals surface area contributed by atoms with E-state index in [4.69, 9.17) is 4.84 Å². The Hall–Kier alpha value is -2.48. The zero-order valence-electron chi connectivity index (χ0n) is 12.7. The van der Waals surface area contributed by atoms with Crippen LogP contribution >= 0.6 is 0 Å². The van der Waals surface area contributed by atoms with Gasteiger partial charge in [0.1, 0.15) is 6.61 Å². The van der Waals surface area contributed by atoms with E-state index in [1.54, 1.807) is 24.5 Å². The predicted molar refractivity (Wildman–Crippen MR) is 82.6 cm³/mol. The summed E-state index contributed by atoms with van der Waals surface area (Å²) in [5.74, 6) is 0.501. The first kappa shape index (κ1) is 15.4. The highest BCUT2D eigenvalue weighted by Crippen LogP contribution is 2.20. The highest BCUT2D eigenvalue weighted by molar-refractivity contribution is 5.34. The smallest absolute Gasteiger partial charge is 0.269 e. The highest BCUT2D eigenvalue weighted by Gasteiger charge is 2.20. The summed E-state index contributed by atoms with van der Waals surface area (Å²) in [6.07, 6.45) is 5.35. The van der Waals surface area contributed by atoms with Gasteiger partial charge in [0, 0.05) is 18.7 Å². The first-order valence-electron chi connectivity index (χ1n) is 7.66. The van der Waals surface area contributed by atoms with Gasteiger partial charge in [0.25, 0.3) is 5.69 Å². The minimum Gasteiger partial charge on any atom is -0.395 e. The van der Waals surface area contributed by atoms with E-state index in [0.29, 0.717) is 12.5 Å². The van der Waals surface area contributed by atoms with Crippen molar-refractivity contribution in [3.8, 4) is 0 Å². The monoisotopic (exact) mass is 317 g/mol. The van der Waals surface area contributed by atoms with Gasteiger partial charge < -0.3 is 4.84 Å². The van der Waals surface area contributed by atoms with Crippen LogP contribution in [0.1, 0.15) is 18.4 Å². The normalized spacial score (nSPS) is 16.3. The molecular weight excluding hydrogens is 298 g/mol. The number of rotatable bonds is 6. The van der Waals surface area contributed by atoms with E-state index >= 15 is 0 Å². The lowest BCUT2D eigenvalue weighted by Gasteiger charge is -2.31. The summed E-state index contributed by atoms with van der Waals surface area (Å²) in [4.78, 5) is 19.7. The Balaban J connectivity index is 1.45. The van der Waals surface area contributed by atoms with Gasteiger partial charge in [-0.05, 0) is 42.6 Å². The van der Waals surface area contributed by atoms with Crippen molar-refractivity contribution in [2.24, 2.45) is 5.92 Å². The average Bonchev–Trinajstić information content (AvgIpc) is 3.08. The van der Waals surface area contributed by atoms with E-state index in [9.17, 15) is 10.1 Å². The van der Waals surface area contributed by atoms with Gasteiger partial charge in [0.05, 0.1) is 17.3 Å². The van der Waals surface area contributed by atoms with Crippen molar-refractivity contribution in [3.63, 3.8) is 0 Å². The topological polar surface area (TPSA) is 86.3 Å². The Morgan fingerprint density at radius 3 is 2.87 bits per heavy atom. The van der Waals surface area contributed by atoms with Crippen molar-refractivity contribution in [1.29, 1.82) is 0 Å². The average molecular weight is 317 g/mol. The molecule has 1 fully saturated rings. The molecule has 23 heavy (non-hydrogen) atoms. The van der Waals surface area contributed by atoms with Crippen molar-refractivity contribution in [2.75, 3.05) is 19.7 Å². The second kappa shape index (κ2) is 7.19. The van der Waals surface area contributed by atoms with E-state index in [2.05, 4.69) is 15.2 Å². The molecule has 0 aliphatic carbocycles. The molecule has 0 atom stereocenters. The third-order valence-electron chi connectivity index (χ3n) is 4.08. The Morgan fingerprint density at radius 2 is 2.17 bits per heavy atom. The number of likely N-dealkylation sites (tertiary alicyclic amines) is 1. The molecule has 1 saturated heterocycles. The molecule has 0 amide bonds. The number of hydrogen-bond donors (Lipinski definition) is 0. The molecule has 2 aromatic rings. The zero-order valence-corrected chi connectivity index (χ0v) is 12.7. The molecule has 1 aromatic carbocycles. The number of nitro benzene ring substituents is 1. The van der Waals surface area contributed by atoms with Crippen molar-refractivity contribution in [3.05, 3.63) is 52.3 Å². The van der Waals surface area contributed by atoms with Gasteiger partial charge in [-0.2, -0.15) is 0 Å². The van der Waals surface area contributed by atoms with E-state index < -0.39 is 0 Å². The molecule has 1 aliphatic rings. The van der Waals surface area contributed by atoms with Crippen LogP contribution in [0.25, 0.3) is 0 Å². The molecule has 0 radical (unpaired) electrons. The van der Waals surface area contributed by atoms with Gasteiger partial charge in [-0.15, -0.1) is 5.10 Å². The molecule has 3 rings (SSSR count). The van der Waals surface area contributed by atoms with Crippen molar-refractivity contribution < 1.29 is 9.76 Å². The SMILES string of the molecule is O=[N+]([O-])c1cccc(CN2CCC(COn3ccnn3)CC2)c1.